The van der Waals surface area contributed by atoms with Crippen LogP contribution in [0.15, 0.2) is 65.6 Å². The van der Waals surface area contributed by atoms with E-state index in [-0.39, 0.29) is 0 Å². The van der Waals surface area contributed by atoms with Crippen LogP contribution in [0.1, 0.15) is 31.2 Å². The van der Waals surface area contributed by atoms with Crippen molar-refractivity contribution in [2.45, 2.75) is 30.6 Å². The van der Waals surface area contributed by atoms with Crippen molar-refractivity contribution in [3.05, 3.63) is 66.2 Å². The average Bonchev–Trinajstić information content (AvgIpc) is 2.55. The van der Waals surface area contributed by atoms with Gasteiger partial charge in [-0.3, -0.25) is 0 Å². The Morgan fingerprint density at radius 3 is 2.29 bits per heavy atom. The Kier molecular flexibility index (Phi) is 7.41. The topological polar surface area (TPSA) is 12.0 Å². The molecule has 1 N–H and O–H groups in total. The van der Waals surface area contributed by atoms with Crippen molar-refractivity contribution in [2.24, 2.45) is 0 Å². The Balaban J connectivity index is 1.86. The molecule has 112 valence electrons. The van der Waals surface area contributed by atoms with Crippen molar-refractivity contribution in [1.29, 1.82) is 0 Å². The van der Waals surface area contributed by atoms with Crippen molar-refractivity contribution in [2.75, 3.05) is 18.8 Å². The highest BCUT2D eigenvalue weighted by atomic mass is 32.2. The van der Waals surface area contributed by atoms with Gasteiger partial charge in [0, 0.05) is 11.4 Å². The van der Waals surface area contributed by atoms with E-state index < -0.39 is 0 Å². The van der Waals surface area contributed by atoms with Gasteiger partial charge in [-0.25, -0.2) is 0 Å². The van der Waals surface area contributed by atoms with Crippen LogP contribution in [0.4, 0.5) is 0 Å². The third kappa shape index (κ3) is 5.94. The second-order valence-electron chi connectivity index (χ2n) is 5.26. The first-order valence-electron chi connectivity index (χ1n) is 7.83. The van der Waals surface area contributed by atoms with Gasteiger partial charge in [-0.15, -0.1) is 11.8 Å². The lowest BCUT2D eigenvalue weighted by Gasteiger charge is -2.18. The van der Waals surface area contributed by atoms with E-state index in [1.165, 1.54) is 23.3 Å². The van der Waals surface area contributed by atoms with Crippen molar-refractivity contribution in [3.8, 4) is 0 Å². The number of benzene rings is 2. The smallest absolute Gasteiger partial charge is 0.00719 e. The van der Waals surface area contributed by atoms with Crippen LogP contribution in [0.3, 0.4) is 0 Å². The molecule has 0 aromatic heterocycles. The molecular formula is C19H25NS. The maximum Gasteiger partial charge on any atom is 0.00719 e. The zero-order valence-electron chi connectivity index (χ0n) is 12.8. The van der Waals surface area contributed by atoms with Crippen molar-refractivity contribution >= 4 is 11.8 Å². The molecule has 0 amide bonds. The molecule has 1 atom stereocenters. The van der Waals surface area contributed by atoms with Crippen LogP contribution in [-0.2, 0) is 0 Å². The minimum atomic E-state index is 0.606. The lowest BCUT2D eigenvalue weighted by atomic mass is 9.96. The summed E-state index contributed by atoms with van der Waals surface area (Å²) in [6, 6.07) is 21.6. The first kappa shape index (κ1) is 16.1. The van der Waals surface area contributed by atoms with E-state index in [4.69, 9.17) is 0 Å². The summed E-state index contributed by atoms with van der Waals surface area (Å²) in [5.41, 5.74) is 1.45. The molecule has 0 aliphatic carbocycles. The van der Waals surface area contributed by atoms with E-state index in [2.05, 4.69) is 72.9 Å². The Labute approximate surface area is 133 Å². The molecule has 0 heterocycles. The quantitative estimate of drug-likeness (QED) is 0.519. The molecule has 2 aromatic carbocycles. The lowest BCUT2D eigenvalue weighted by molar-refractivity contribution is 0.570. The number of rotatable bonds is 9. The maximum absolute atomic E-state index is 3.57. The molecule has 0 aliphatic heterocycles. The van der Waals surface area contributed by atoms with E-state index in [0.717, 1.165) is 18.8 Å². The van der Waals surface area contributed by atoms with Gasteiger partial charge in [0.25, 0.3) is 0 Å². The summed E-state index contributed by atoms with van der Waals surface area (Å²) in [6.45, 7) is 4.40. The van der Waals surface area contributed by atoms with Crippen LogP contribution in [0, 0.1) is 0 Å². The van der Waals surface area contributed by atoms with E-state index in [1.807, 2.05) is 11.8 Å². The summed E-state index contributed by atoms with van der Waals surface area (Å²) in [5.74, 6) is 1.77. The Bertz CT molecular complexity index is 483. The molecule has 0 saturated heterocycles. The first-order chi connectivity index (χ1) is 10.4. The van der Waals surface area contributed by atoms with Gasteiger partial charge in [0.2, 0.25) is 0 Å². The van der Waals surface area contributed by atoms with Crippen LogP contribution >= 0.6 is 11.8 Å². The van der Waals surface area contributed by atoms with Crippen LogP contribution in [0.5, 0.6) is 0 Å². The molecule has 21 heavy (non-hydrogen) atoms. The van der Waals surface area contributed by atoms with E-state index in [9.17, 15) is 0 Å². The van der Waals surface area contributed by atoms with Crippen molar-refractivity contribution in [1.82, 2.24) is 5.32 Å². The number of hydrogen-bond acceptors (Lipinski definition) is 2. The third-order valence-corrected chi connectivity index (χ3v) is 4.61. The summed E-state index contributed by atoms with van der Waals surface area (Å²) in [5, 5.41) is 3.57. The Morgan fingerprint density at radius 2 is 1.62 bits per heavy atom. The van der Waals surface area contributed by atoms with Gasteiger partial charge in [-0.2, -0.15) is 0 Å². The summed E-state index contributed by atoms with van der Waals surface area (Å²) in [4.78, 5) is 1.37. The number of nitrogens with one attached hydrogen (secondary N) is 1. The second-order valence-corrected chi connectivity index (χ2v) is 6.43. The molecule has 1 nitrogen and oxygen atoms in total. The fourth-order valence-corrected chi connectivity index (χ4v) is 3.39. The molecular weight excluding hydrogens is 274 g/mol. The SMILES string of the molecule is CCCNCC(CCSc1ccccc1)c1ccccc1. The monoisotopic (exact) mass is 299 g/mol. The van der Waals surface area contributed by atoms with Crippen molar-refractivity contribution in [3.63, 3.8) is 0 Å². The predicted molar refractivity (Wildman–Crippen MR) is 94.1 cm³/mol. The first-order valence-corrected chi connectivity index (χ1v) is 8.82. The minimum absolute atomic E-state index is 0.606. The molecule has 0 radical (unpaired) electrons. The summed E-state index contributed by atoms with van der Waals surface area (Å²) in [7, 11) is 0. The minimum Gasteiger partial charge on any atom is -0.316 e. The maximum atomic E-state index is 3.57. The van der Waals surface area contributed by atoms with E-state index >= 15 is 0 Å². The fourth-order valence-electron chi connectivity index (χ4n) is 2.40. The summed E-state index contributed by atoms with van der Waals surface area (Å²) >= 11 is 1.95. The summed E-state index contributed by atoms with van der Waals surface area (Å²) in [6.07, 6.45) is 2.40. The van der Waals surface area contributed by atoms with Gasteiger partial charge < -0.3 is 5.32 Å². The van der Waals surface area contributed by atoms with E-state index in [1.54, 1.807) is 0 Å². The molecule has 0 aliphatic rings. The van der Waals surface area contributed by atoms with Crippen LogP contribution in [0.2, 0.25) is 0 Å². The summed E-state index contributed by atoms with van der Waals surface area (Å²) < 4.78 is 0. The fraction of sp³-hybridized carbons (Fsp3) is 0.368. The number of hydrogen-bond donors (Lipinski definition) is 1. The zero-order chi connectivity index (χ0) is 14.8. The number of thioether (sulfide) groups is 1. The highest BCUT2D eigenvalue weighted by Crippen LogP contribution is 2.24. The molecule has 2 aromatic rings. The van der Waals surface area contributed by atoms with Crippen LogP contribution in [-0.4, -0.2) is 18.8 Å². The molecule has 0 fully saturated rings. The normalized spacial score (nSPS) is 12.2. The van der Waals surface area contributed by atoms with Gasteiger partial charge in [0.15, 0.2) is 0 Å². The van der Waals surface area contributed by atoms with Gasteiger partial charge in [0.05, 0.1) is 0 Å². The molecule has 1 unspecified atom stereocenters. The van der Waals surface area contributed by atoms with E-state index in [0.29, 0.717) is 5.92 Å². The molecule has 0 spiro atoms. The Morgan fingerprint density at radius 1 is 0.952 bits per heavy atom. The van der Waals surface area contributed by atoms with Crippen LogP contribution < -0.4 is 5.32 Å². The highest BCUT2D eigenvalue weighted by molar-refractivity contribution is 7.99. The predicted octanol–water partition coefficient (Wildman–Crippen LogP) is 4.95. The molecule has 0 bridgehead atoms. The van der Waals surface area contributed by atoms with Gasteiger partial charge in [-0.1, -0.05) is 55.5 Å². The average molecular weight is 299 g/mol. The Hall–Kier alpha value is -1.25. The lowest BCUT2D eigenvalue weighted by Crippen LogP contribution is -2.22. The molecule has 0 saturated carbocycles. The highest BCUT2D eigenvalue weighted by Gasteiger charge is 2.10. The van der Waals surface area contributed by atoms with Gasteiger partial charge >= 0.3 is 0 Å². The van der Waals surface area contributed by atoms with Crippen LogP contribution in [0.25, 0.3) is 0 Å². The molecule has 2 rings (SSSR count). The zero-order valence-corrected chi connectivity index (χ0v) is 13.6. The molecule has 2 heteroatoms. The van der Waals surface area contributed by atoms with Gasteiger partial charge in [0.1, 0.15) is 0 Å². The largest absolute Gasteiger partial charge is 0.316 e. The van der Waals surface area contributed by atoms with Crippen molar-refractivity contribution < 1.29 is 0 Å². The standard InChI is InChI=1S/C19H25NS/c1-2-14-20-16-18(17-9-5-3-6-10-17)13-15-21-19-11-7-4-8-12-19/h3-12,18,20H,2,13-16H2,1H3. The van der Waals surface area contributed by atoms with Gasteiger partial charge in [-0.05, 0) is 48.8 Å². The second kappa shape index (κ2) is 9.64. The third-order valence-electron chi connectivity index (χ3n) is 3.57.